The fraction of sp³-hybridized carbons (Fsp3) is 0. The highest BCUT2D eigenvalue weighted by atomic mass is 16.3. The third-order valence-electron chi connectivity index (χ3n) is 8.64. The molecule has 9 aromatic carbocycles. The summed E-state index contributed by atoms with van der Waals surface area (Å²) in [4.78, 5) is 0. The van der Waals surface area contributed by atoms with Crippen LogP contribution in [0.2, 0.25) is 0 Å². The van der Waals surface area contributed by atoms with Crippen molar-refractivity contribution in [2.75, 3.05) is 0 Å². The molecule has 0 atom stereocenters. The Bertz CT molecular complexity index is 3680. The quantitative estimate of drug-likeness (QED) is 0.181. The van der Waals surface area contributed by atoms with E-state index >= 15 is 0 Å². The van der Waals surface area contributed by atoms with Gasteiger partial charge in [0.1, 0.15) is 11.2 Å². The maximum atomic E-state index is 9.74. The lowest BCUT2D eigenvalue weighted by Crippen LogP contribution is -1.91. The summed E-state index contributed by atoms with van der Waals surface area (Å²) in [5, 5.41) is 1.95. The zero-order valence-corrected chi connectivity index (χ0v) is 24.3. The van der Waals surface area contributed by atoms with Crippen LogP contribution >= 0.6 is 0 Å². The van der Waals surface area contributed by atoms with E-state index in [-0.39, 0.29) is 72.7 Å². The van der Waals surface area contributed by atoms with Crippen LogP contribution in [0.25, 0.3) is 98.4 Å². The van der Waals surface area contributed by atoms with Crippen LogP contribution in [0.15, 0.2) is 174 Å². The number of rotatable bonds is 3. The number of fused-ring (bicyclic) bond motifs is 8. The van der Waals surface area contributed by atoms with Crippen LogP contribution < -0.4 is 0 Å². The zero-order chi connectivity index (χ0) is 44.8. The molecule has 0 fully saturated rings. The lowest BCUT2D eigenvalue weighted by molar-refractivity contribution is 0.672. The van der Waals surface area contributed by atoms with Gasteiger partial charge in [0, 0.05) is 16.2 Å². The van der Waals surface area contributed by atoms with E-state index in [9.17, 15) is 4.11 Å². The third-order valence-corrected chi connectivity index (χ3v) is 8.64. The molecule has 47 heavy (non-hydrogen) atoms. The minimum absolute atomic E-state index is 0.0254. The van der Waals surface area contributed by atoms with Gasteiger partial charge in [-0.2, -0.15) is 0 Å². The van der Waals surface area contributed by atoms with Gasteiger partial charge >= 0.3 is 0 Å². The van der Waals surface area contributed by atoms with E-state index in [1.165, 1.54) is 0 Å². The van der Waals surface area contributed by atoms with Crippen LogP contribution in [0.4, 0.5) is 0 Å². The van der Waals surface area contributed by atoms with Gasteiger partial charge in [-0.1, -0.05) is 151 Å². The molecule has 1 nitrogen and oxygen atoms in total. The number of furan rings is 1. The second-order valence-corrected chi connectivity index (χ2v) is 11.2. The van der Waals surface area contributed by atoms with Gasteiger partial charge in [0.05, 0.1) is 21.9 Å². The first-order chi connectivity index (χ1) is 30.0. The molecule has 0 aliphatic rings. The molecular formula is C46H28O. The largest absolute Gasteiger partial charge is 0.455 e. The molecule has 1 aromatic heterocycles. The van der Waals surface area contributed by atoms with Crippen LogP contribution in [0, 0.1) is 0 Å². The fourth-order valence-corrected chi connectivity index (χ4v) is 6.58. The predicted molar refractivity (Wildman–Crippen MR) is 200 cm³/mol. The molecule has 218 valence electrons. The molecule has 0 unspecified atom stereocenters. The van der Waals surface area contributed by atoms with Gasteiger partial charge < -0.3 is 4.42 Å². The number of hydrogen-bond acceptors (Lipinski definition) is 1. The van der Waals surface area contributed by atoms with E-state index in [0.717, 1.165) is 5.56 Å². The molecule has 1 heteroatoms. The smallest absolute Gasteiger partial charge is 0.143 e. The molecule has 0 radical (unpaired) electrons. The molecule has 10 rings (SSSR count). The average Bonchev–Trinajstić information content (AvgIpc) is 3.69. The van der Waals surface area contributed by atoms with Crippen LogP contribution in [-0.2, 0) is 0 Å². The molecule has 0 saturated carbocycles. The van der Waals surface area contributed by atoms with E-state index in [1.54, 1.807) is 36.4 Å². The van der Waals surface area contributed by atoms with Gasteiger partial charge in [0.2, 0.25) is 0 Å². The van der Waals surface area contributed by atoms with E-state index in [4.69, 9.17) is 22.2 Å². The standard InChI is InChI=1S/C46H28O/c1-3-13-34-29(10-1)12-9-19-35(34)31-20-22-32(23-21-31)44-37-15-5-7-17-39(37)45(40-18-8-6-16-38(40)44)33-25-27-43-42(28-33)41-26-24-30-11-2-4-14-36(30)46(41)47-43/h1-28H/i1D,2D,3D,4D,9D,10D,11D,12D,13D,14D,19D,24D,25D,26D,27D,28D. The first kappa shape index (κ1) is 14.9. The average molecular weight is 613 g/mol. The van der Waals surface area contributed by atoms with Crippen molar-refractivity contribution in [2.45, 2.75) is 0 Å². The molecule has 10 aromatic rings. The van der Waals surface area contributed by atoms with Crippen LogP contribution in [0.5, 0.6) is 0 Å². The van der Waals surface area contributed by atoms with Crippen molar-refractivity contribution in [3.05, 3.63) is 169 Å². The third kappa shape index (κ3) is 3.97. The van der Waals surface area contributed by atoms with Crippen molar-refractivity contribution in [1.82, 2.24) is 0 Å². The fourth-order valence-electron chi connectivity index (χ4n) is 6.58. The van der Waals surface area contributed by atoms with Crippen molar-refractivity contribution < 1.29 is 26.3 Å². The first-order valence-electron chi connectivity index (χ1n) is 22.9. The Morgan fingerprint density at radius 3 is 1.66 bits per heavy atom. The highest BCUT2D eigenvalue weighted by Crippen LogP contribution is 2.45. The van der Waals surface area contributed by atoms with E-state index < -0.39 is 78.6 Å². The number of hydrogen-bond donors (Lipinski definition) is 0. The second kappa shape index (κ2) is 10.2. The zero-order valence-electron chi connectivity index (χ0n) is 40.3. The molecule has 0 aliphatic carbocycles. The highest BCUT2D eigenvalue weighted by Gasteiger charge is 2.18. The minimum Gasteiger partial charge on any atom is -0.455 e. The van der Waals surface area contributed by atoms with Crippen LogP contribution in [0.1, 0.15) is 21.9 Å². The van der Waals surface area contributed by atoms with E-state index in [1.807, 2.05) is 36.4 Å². The molecule has 0 amide bonds. The summed E-state index contributed by atoms with van der Waals surface area (Å²) in [6.45, 7) is 0. The van der Waals surface area contributed by atoms with Gasteiger partial charge in [0.25, 0.3) is 0 Å². The van der Waals surface area contributed by atoms with Crippen molar-refractivity contribution in [2.24, 2.45) is 0 Å². The second-order valence-electron chi connectivity index (χ2n) is 11.2. The van der Waals surface area contributed by atoms with Crippen molar-refractivity contribution in [3.63, 3.8) is 0 Å². The Balaban J connectivity index is 1.25. The molecule has 0 bridgehead atoms. The molecular weight excluding hydrogens is 569 g/mol. The van der Waals surface area contributed by atoms with Gasteiger partial charge in [-0.25, -0.2) is 0 Å². The molecule has 1 heterocycles. The van der Waals surface area contributed by atoms with Crippen molar-refractivity contribution in [3.8, 4) is 33.4 Å². The lowest BCUT2D eigenvalue weighted by Gasteiger charge is -2.18. The maximum Gasteiger partial charge on any atom is 0.143 e. The van der Waals surface area contributed by atoms with Gasteiger partial charge in [-0.15, -0.1) is 0 Å². The Morgan fingerprint density at radius 2 is 0.957 bits per heavy atom. The maximum absolute atomic E-state index is 9.74. The highest BCUT2D eigenvalue weighted by molar-refractivity contribution is 6.23. The number of benzene rings is 9. The Kier molecular flexibility index (Phi) is 3.23. The summed E-state index contributed by atoms with van der Waals surface area (Å²) in [5.74, 6) is 0. The summed E-state index contributed by atoms with van der Waals surface area (Å²) in [7, 11) is 0. The topological polar surface area (TPSA) is 13.1 Å². The summed E-state index contributed by atoms with van der Waals surface area (Å²) < 4.78 is 146. The van der Waals surface area contributed by atoms with Crippen molar-refractivity contribution >= 4 is 65.0 Å². The normalized spacial score (nSPS) is 16.6. The molecule has 0 aliphatic heterocycles. The van der Waals surface area contributed by atoms with Gasteiger partial charge in [0.15, 0.2) is 0 Å². The van der Waals surface area contributed by atoms with Gasteiger partial charge in [-0.05, 0) is 89.2 Å². The van der Waals surface area contributed by atoms with Crippen LogP contribution in [-0.4, -0.2) is 0 Å². The van der Waals surface area contributed by atoms with Crippen molar-refractivity contribution in [1.29, 1.82) is 0 Å². The van der Waals surface area contributed by atoms with E-state index in [2.05, 4.69) is 0 Å². The predicted octanol–water partition coefficient (Wildman–Crippen LogP) is 13.2. The Labute approximate surface area is 294 Å². The van der Waals surface area contributed by atoms with Crippen LogP contribution in [0.3, 0.4) is 0 Å². The molecule has 0 N–H and O–H groups in total. The van der Waals surface area contributed by atoms with E-state index in [0.29, 0.717) is 38.2 Å². The molecule has 0 saturated heterocycles. The summed E-state index contributed by atoms with van der Waals surface area (Å²) in [6, 6.07) is 14.3. The lowest BCUT2D eigenvalue weighted by atomic mass is 9.85. The molecule has 0 spiro atoms. The SMILES string of the molecule is [2H]c1c(-c2c3ccccc3c(-c3ccc(-c4c([2H])c([2H])c([2H])c5c([2H])c([2H])c([2H])c([2H])c45)cc3)c3ccccc23)c([2H])c2c(oc3c4c([2H])c([2H])c([2H])c([2H])c4c([2H])c([2H])c32)c1[2H]. The Hall–Kier alpha value is -6.18. The first-order valence-corrected chi connectivity index (χ1v) is 14.9. The summed E-state index contributed by atoms with van der Waals surface area (Å²) in [6.07, 6.45) is 0. The summed E-state index contributed by atoms with van der Waals surface area (Å²) >= 11 is 0. The minimum atomic E-state index is -0.580. The monoisotopic (exact) mass is 612 g/mol. The Morgan fingerprint density at radius 1 is 0.383 bits per heavy atom. The van der Waals surface area contributed by atoms with Gasteiger partial charge in [-0.3, -0.25) is 0 Å². The summed E-state index contributed by atoms with van der Waals surface area (Å²) in [5.41, 5.74) is 2.03.